The highest BCUT2D eigenvalue weighted by atomic mass is 16.8. The fraction of sp³-hybridized carbons (Fsp3) is 0.917. The van der Waals surface area contributed by atoms with E-state index >= 15 is 0 Å². The molecule has 0 aromatic carbocycles. The van der Waals surface area contributed by atoms with Gasteiger partial charge >= 0.3 is 5.97 Å². The molecular formula is C12H21NO5. The average molecular weight is 259 g/mol. The van der Waals surface area contributed by atoms with Gasteiger partial charge in [-0.15, -0.1) is 0 Å². The Labute approximate surface area is 107 Å². The molecule has 0 aromatic heterocycles. The van der Waals surface area contributed by atoms with Gasteiger partial charge in [-0.1, -0.05) is 0 Å². The number of carbonyl (C=O) groups excluding carboxylic acids is 1. The summed E-state index contributed by atoms with van der Waals surface area (Å²) in [7, 11) is 0. The van der Waals surface area contributed by atoms with E-state index in [4.69, 9.17) is 24.7 Å². The first-order valence-corrected chi connectivity index (χ1v) is 6.31. The Bertz CT molecular complexity index is 320. The summed E-state index contributed by atoms with van der Waals surface area (Å²) in [6, 6.07) is -0.121. The van der Waals surface area contributed by atoms with Gasteiger partial charge in [-0.25, -0.2) is 4.79 Å². The number of fused-ring (bicyclic) bond motifs is 1. The van der Waals surface area contributed by atoms with Gasteiger partial charge in [0.05, 0.1) is 12.7 Å². The van der Waals surface area contributed by atoms with E-state index in [2.05, 4.69) is 0 Å². The van der Waals surface area contributed by atoms with Crippen LogP contribution < -0.4 is 5.73 Å². The number of hydrogen-bond donors (Lipinski definition) is 1. The van der Waals surface area contributed by atoms with Crippen molar-refractivity contribution < 1.29 is 23.7 Å². The van der Waals surface area contributed by atoms with Crippen molar-refractivity contribution in [1.29, 1.82) is 0 Å². The Morgan fingerprint density at radius 1 is 1.39 bits per heavy atom. The number of nitrogens with two attached hydrogens (primary N) is 1. The van der Waals surface area contributed by atoms with E-state index in [-0.39, 0.29) is 36.9 Å². The maximum absolute atomic E-state index is 11.3. The van der Waals surface area contributed by atoms with Crippen LogP contribution in [0.25, 0.3) is 0 Å². The summed E-state index contributed by atoms with van der Waals surface area (Å²) in [6.07, 6.45) is 0.0537. The van der Waals surface area contributed by atoms with Crippen LogP contribution in [0.15, 0.2) is 0 Å². The molecule has 2 aliphatic rings. The smallest absolute Gasteiger partial charge is 0.332 e. The number of ether oxygens (including phenoxy) is 4. The summed E-state index contributed by atoms with van der Waals surface area (Å²) < 4.78 is 21.8. The van der Waals surface area contributed by atoms with Gasteiger partial charge in [-0.05, 0) is 27.2 Å². The van der Waals surface area contributed by atoms with Crippen LogP contribution >= 0.6 is 0 Å². The molecule has 0 radical (unpaired) electrons. The minimum absolute atomic E-state index is 0.0712. The van der Waals surface area contributed by atoms with Crippen LogP contribution in [0.4, 0.5) is 0 Å². The summed E-state index contributed by atoms with van der Waals surface area (Å²) in [5, 5.41) is 0. The number of hydrogen-bond acceptors (Lipinski definition) is 6. The van der Waals surface area contributed by atoms with E-state index in [9.17, 15) is 4.79 Å². The molecule has 0 unspecified atom stereocenters. The molecule has 1 aliphatic carbocycles. The summed E-state index contributed by atoms with van der Waals surface area (Å²) in [5.41, 5.74) is 6.00. The maximum Gasteiger partial charge on any atom is 0.332 e. The zero-order valence-electron chi connectivity index (χ0n) is 11.0. The molecule has 0 spiro atoms. The molecule has 1 heterocycles. The fourth-order valence-corrected chi connectivity index (χ4v) is 2.51. The van der Waals surface area contributed by atoms with Crippen molar-refractivity contribution in [3.05, 3.63) is 0 Å². The second-order valence-electron chi connectivity index (χ2n) is 5.12. The van der Waals surface area contributed by atoms with Gasteiger partial charge in [0.15, 0.2) is 5.79 Å². The molecule has 1 aliphatic heterocycles. The Balaban J connectivity index is 1.89. The van der Waals surface area contributed by atoms with Gasteiger partial charge in [0.1, 0.15) is 18.8 Å². The highest BCUT2D eigenvalue weighted by Crippen LogP contribution is 2.38. The van der Waals surface area contributed by atoms with Crippen molar-refractivity contribution in [3.8, 4) is 0 Å². The van der Waals surface area contributed by atoms with Gasteiger partial charge < -0.3 is 24.7 Å². The molecule has 0 amide bonds. The Hall–Kier alpha value is -0.690. The van der Waals surface area contributed by atoms with E-state index in [1.165, 1.54) is 0 Å². The molecule has 0 bridgehead atoms. The third kappa shape index (κ3) is 2.83. The van der Waals surface area contributed by atoms with Crippen LogP contribution in [0, 0.1) is 0 Å². The fourth-order valence-electron chi connectivity index (χ4n) is 2.51. The number of rotatable bonds is 4. The summed E-state index contributed by atoms with van der Waals surface area (Å²) in [6.45, 7) is 5.74. The maximum atomic E-state index is 11.3. The first-order valence-electron chi connectivity index (χ1n) is 6.31. The average Bonchev–Trinajstić information content (AvgIpc) is 2.72. The van der Waals surface area contributed by atoms with Crippen LogP contribution in [0.5, 0.6) is 0 Å². The molecule has 4 atom stereocenters. The van der Waals surface area contributed by atoms with Crippen molar-refractivity contribution in [2.45, 2.75) is 57.3 Å². The molecule has 6 heteroatoms. The highest BCUT2D eigenvalue weighted by Gasteiger charge is 2.53. The van der Waals surface area contributed by atoms with Crippen LogP contribution in [0.1, 0.15) is 27.2 Å². The SMILES string of the molecule is CCOC(=O)CO[C@H]1C[C@@H](N)[C@@H]2OC(C)(C)O[C@H]21. The number of carbonyl (C=O) groups is 1. The Morgan fingerprint density at radius 3 is 2.72 bits per heavy atom. The molecular weight excluding hydrogens is 238 g/mol. The standard InChI is InChI=1S/C12H21NO5/c1-4-15-9(14)6-16-8-5-7(13)10-11(8)18-12(2,3)17-10/h7-8,10-11H,4-6,13H2,1-3H3/t7-,8+,10+,11+/m1/s1. The second-order valence-corrected chi connectivity index (χ2v) is 5.12. The van der Waals surface area contributed by atoms with Crippen LogP contribution in [-0.4, -0.2) is 49.3 Å². The third-order valence-corrected chi connectivity index (χ3v) is 3.18. The predicted octanol–water partition coefficient (Wildman–Crippen LogP) is 0.186. The zero-order chi connectivity index (χ0) is 13.3. The van der Waals surface area contributed by atoms with Crippen LogP contribution in [-0.2, 0) is 23.7 Å². The lowest BCUT2D eigenvalue weighted by atomic mass is 10.2. The van der Waals surface area contributed by atoms with Gasteiger partial charge in [0.25, 0.3) is 0 Å². The van der Waals surface area contributed by atoms with Crippen molar-refractivity contribution in [2.75, 3.05) is 13.2 Å². The van der Waals surface area contributed by atoms with E-state index in [1.54, 1.807) is 6.92 Å². The minimum Gasteiger partial charge on any atom is -0.464 e. The lowest BCUT2D eigenvalue weighted by Gasteiger charge is -2.22. The molecule has 104 valence electrons. The highest BCUT2D eigenvalue weighted by molar-refractivity contribution is 5.70. The molecule has 2 fully saturated rings. The lowest BCUT2D eigenvalue weighted by molar-refractivity contribution is -0.172. The largest absolute Gasteiger partial charge is 0.464 e. The predicted molar refractivity (Wildman–Crippen MR) is 62.8 cm³/mol. The van der Waals surface area contributed by atoms with Crippen molar-refractivity contribution in [3.63, 3.8) is 0 Å². The van der Waals surface area contributed by atoms with Crippen LogP contribution in [0.3, 0.4) is 0 Å². The second kappa shape index (κ2) is 5.13. The summed E-state index contributed by atoms with van der Waals surface area (Å²) in [5.74, 6) is -1.01. The van der Waals surface area contributed by atoms with Gasteiger partial charge in [-0.2, -0.15) is 0 Å². The molecule has 1 saturated carbocycles. The van der Waals surface area contributed by atoms with E-state index in [1.807, 2.05) is 13.8 Å². The zero-order valence-corrected chi connectivity index (χ0v) is 11.0. The quantitative estimate of drug-likeness (QED) is 0.726. The van der Waals surface area contributed by atoms with Crippen molar-refractivity contribution >= 4 is 5.97 Å². The van der Waals surface area contributed by atoms with Gasteiger partial charge in [-0.3, -0.25) is 0 Å². The van der Waals surface area contributed by atoms with E-state index in [0.29, 0.717) is 13.0 Å². The van der Waals surface area contributed by atoms with Crippen molar-refractivity contribution in [2.24, 2.45) is 5.73 Å². The van der Waals surface area contributed by atoms with Gasteiger partial charge in [0.2, 0.25) is 0 Å². The Kier molecular flexibility index (Phi) is 3.91. The molecule has 2 rings (SSSR count). The van der Waals surface area contributed by atoms with Crippen LogP contribution in [0.2, 0.25) is 0 Å². The first-order chi connectivity index (χ1) is 8.43. The molecule has 18 heavy (non-hydrogen) atoms. The normalized spacial score (nSPS) is 37.6. The topological polar surface area (TPSA) is 80.0 Å². The lowest BCUT2D eigenvalue weighted by Crippen LogP contribution is -2.35. The van der Waals surface area contributed by atoms with E-state index in [0.717, 1.165) is 0 Å². The molecule has 2 N–H and O–H groups in total. The third-order valence-electron chi connectivity index (χ3n) is 3.18. The van der Waals surface area contributed by atoms with E-state index < -0.39 is 5.79 Å². The van der Waals surface area contributed by atoms with Crippen molar-refractivity contribution in [1.82, 2.24) is 0 Å². The first kappa shape index (κ1) is 13.7. The molecule has 6 nitrogen and oxygen atoms in total. The monoisotopic (exact) mass is 259 g/mol. The summed E-state index contributed by atoms with van der Waals surface area (Å²) in [4.78, 5) is 11.3. The summed E-state index contributed by atoms with van der Waals surface area (Å²) >= 11 is 0. The minimum atomic E-state index is -0.640. The number of esters is 1. The molecule has 1 saturated heterocycles. The Morgan fingerprint density at radius 2 is 2.06 bits per heavy atom. The molecule has 0 aromatic rings. The van der Waals surface area contributed by atoms with Gasteiger partial charge in [0, 0.05) is 6.04 Å².